The zero-order valence-corrected chi connectivity index (χ0v) is 10.5. The number of hydrogen-bond acceptors (Lipinski definition) is 6. The fourth-order valence-corrected chi connectivity index (χ4v) is 2.82. The summed E-state index contributed by atoms with van der Waals surface area (Å²) < 4.78 is 27.7. The highest BCUT2D eigenvalue weighted by molar-refractivity contribution is 7.91. The summed E-state index contributed by atoms with van der Waals surface area (Å²) in [6.07, 6.45) is 0. The van der Waals surface area contributed by atoms with Gasteiger partial charge in [-0.1, -0.05) is 4.89 Å². The van der Waals surface area contributed by atoms with Crippen LogP contribution in [0.25, 0.3) is 0 Å². The molecule has 0 amide bonds. The van der Waals surface area contributed by atoms with Crippen molar-refractivity contribution in [2.24, 2.45) is 0 Å². The van der Waals surface area contributed by atoms with E-state index in [2.05, 4.69) is 9.57 Å². The molecule has 9 heteroatoms. The SMILES string of the molecule is COCCONS(=O)(=O)c1cc(C(=O)O)cs1. The lowest BCUT2D eigenvalue weighted by atomic mass is 10.4. The molecule has 0 fully saturated rings. The first-order valence-electron chi connectivity index (χ1n) is 4.41. The van der Waals surface area contributed by atoms with Crippen LogP contribution >= 0.6 is 11.3 Å². The maximum absolute atomic E-state index is 11.6. The Balaban J connectivity index is 2.66. The molecule has 0 saturated heterocycles. The summed E-state index contributed by atoms with van der Waals surface area (Å²) in [6.45, 7) is 0.306. The van der Waals surface area contributed by atoms with Crippen LogP contribution in [0.15, 0.2) is 15.7 Å². The van der Waals surface area contributed by atoms with E-state index in [1.165, 1.54) is 12.5 Å². The average Bonchev–Trinajstić information content (AvgIpc) is 2.74. The van der Waals surface area contributed by atoms with Gasteiger partial charge in [-0.2, -0.15) is 0 Å². The van der Waals surface area contributed by atoms with Gasteiger partial charge in [0.1, 0.15) is 4.21 Å². The molecule has 0 aliphatic heterocycles. The van der Waals surface area contributed by atoms with Gasteiger partial charge in [-0.05, 0) is 6.07 Å². The van der Waals surface area contributed by atoms with Crippen molar-refractivity contribution in [1.82, 2.24) is 4.89 Å². The monoisotopic (exact) mass is 281 g/mol. The lowest BCUT2D eigenvalue weighted by molar-refractivity contribution is 0.0439. The van der Waals surface area contributed by atoms with Gasteiger partial charge in [0.25, 0.3) is 10.0 Å². The van der Waals surface area contributed by atoms with E-state index in [0.29, 0.717) is 0 Å². The molecule has 7 nitrogen and oxygen atoms in total. The number of carboxylic acid groups (broad SMARTS) is 1. The summed E-state index contributed by atoms with van der Waals surface area (Å²) in [5, 5.41) is 9.90. The second kappa shape index (κ2) is 6.07. The third-order valence-electron chi connectivity index (χ3n) is 1.65. The molecule has 0 aromatic carbocycles. The molecule has 0 aliphatic rings. The van der Waals surface area contributed by atoms with Gasteiger partial charge in [0.05, 0.1) is 18.8 Å². The molecule has 1 aromatic heterocycles. The van der Waals surface area contributed by atoms with Crippen molar-refractivity contribution in [3.8, 4) is 0 Å². The van der Waals surface area contributed by atoms with Crippen LogP contribution in [-0.4, -0.2) is 39.8 Å². The number of nitrogens with one attached hydrogen (secondary N) is 1. The smallest absolute Gasteiger partial charge is 0.336 e. The fraction of sp³-hybridized carbons (Fsp3) is 0.375. The molecular formula is C8H11NO6S2. The molecule has 0 radical (unpaired) electrons. The van der Waals surface area contributed by atoms with Gasteiger partial charge in [0.2, 0.25) is 0 Å². The number of ether oxygens (including phenoxy) is 1. The predicted molar refractivity (Wildman–Crippen MR) is 59.4 cm³/mol. The number of thiophene rings is 1. The van der Waals surface area contributed by atoms with Crippen LogP contribution in [0.5, 0.6) is 0 Å². The highest BCUT2D eigenvalue weighted by Crippen LogP contribution is 2.19. The number of rotatable bonds is 7. The number of aromatic carboxylic acids is 1. The molecule has 0 spiro atoms. The third kappa shape index (κ3) is 4.06. The average molecular weight is 281 g/mol. The van der Waals surface area contributed by atoms with Crippen molar-refractivity contribution < 1.29 is 27.9 Å². The third-order valence-corrected chi connectivity index (χ3v) is 4.30. The lowest BCUT2D eigenvalue weighted by Gasteiger charge is -2.04. The maximum atomic E-state index is 11.6. The molecule has 1 aromatic rings. The van der Waals surface area contributed by atoms with E-state index in [1.54, 1.807) is 0 Å². The Hall–Kier alpha value is -1.00. The first-order chi connectivity index (χ1) is 7.97. The van der Waals surface area contributed by atoms with Crippen molar-refractivity contribution in [2.75, 3.05) is 20.3 Å². The highest BCUT2D eigenvalue weighted by atomic mass is 32.2. The molecule has 1 rings (SSSR count). The van der Waals surface area contributed by atoms with E-state index in [0.717, 1.165) is 17.4 Å². The van der Waals surface area contributed by atoms with Crippen LogP contribution in [0, 0.1) is 0 Å². The zero-order chi connectivity index (χ0) is 12.9. The van der Waals surface area contributed by atoms with Crippen molar-refractivity contribution in [2.45, 2.75) is 4.21 Å². The van der Waals surface area contributed by atoms with E-state index >= 15 is 0 Å². The summed E-state index contributed by atoms with van der Waals surface area (Å²) in [5.41, 5.74) is -0.0766. The molecule has 0 aliphatic carbocycles. The second-order valence-corrected chi connectivity index (χ2v) is 5.67. The molecule has 0 atom stereocenters. The number of methoxy groups -OCH3 is 1. The first kappa shape index (κ1) is 14.1. The van der Waals surface area contributed by atoms with Crippen molar-refractivity contribution >= 4 is 27.3 Å². The van der Waals surface area contributed by atoms with E-state index in [-0.39, 0.29) is 23.0 Å². The Labute approximate surface area is 102 Å². The lowest BCUT2D eigenvalue weighted by Crippen LogP contribution is -2.25. The summed E-state index contributed by atoms with van der Waals surface area (Å²) in [4.78, 5) is 17.1. The maximum Gasteiger partial charge on any atom is 0.336 e. The number of carboxylic acids is 1. The van der Waals surface area contributed by atoms with Crippen LogP contribution in [0.1, 0.15) is 10.4 Å². The number of carbonyl (C=O) groups is 1. The van der Waals surface area contributed by atoms with Crippen molar-refractivity contribution in [3.05, 3.63) is 17.0 Å². The van der Waals surface area contributed by atoms with Crippen LogP contribution in [0.3, 0.4) is 0 Å². The summed E-state index contributed by atoms with van der Waals surface area (Å²) in [5.74, 6) is -1.18. The molecule has 0 saturated carbocycles. The first-order valence-corrected chi connectivity index (χ1v) is 6.78. The number of hydrogen-bond donors (Lipinski definition) is 2. The van der Waals surface area contributed by atoms with Gasteiger partial charge in [0, 0.05) is 12.5 Å². The second-order valence-electron chi connectivity index (χ2n) is 2.89. The topological polar surface area (TPSA) is 102 Å². The quantitative estimate of drug-likeness (QED) is 0.550. The van der Waals surface area contributed by atoms with Gasteiger partial charge in [-0.3, -0.25) is 4.84 Å². The van der Waals surface area contributed by atoms with Gasteiger partial charge >= 0.3 is 5.97 Å². The Morgan fingerprint density at radius 2 is 2.24 bits per heavy atom. The minimum atomic E-state index is -3.83. The molecule has 2 N–H and O–H groups in total. The molecule has 96 valence electrons. The molecule has 0 unspecified atom stereocenters. The summed E-state index contributed by atoms with van der Waals surface area (Å²) in [6, 6.07) is 1.06. The summed E-state index contributed by atoms with van der Waals surface area (Å²) in [7, 11) is -2.37. The van der Waals surface area contributed by atoms with E-state index in [1.807, 2.05) is 4.89 Å². The van der Waals surface area contributed by atoms with Gasteiger partial charge in [-0.25, -0.2) is 13.2 Å². The van der Waals surface area contributed by atoms with Crippen molar-refractivity contribution in [3.63, 3.8) is 0 Å². The van der Waals surface area contributed by atoms with Crippen LogP contribution in [-0.2, 0) is 19.6 Å². The minimum absolute atomic E-state index is 0.0624. The van der Waals surface area contributed by atoms with Gasteiger partial charge in [0.15, 0.2) is 0 Å². The van der Waals surface area contributed by atoms with E-state index in [4.69, 9.17) is 5.11 Å². The van der Waals surface area contributed by atoms with Crippen LogP contribution in [0.2, 0.25) is 0 Å². The predicted octanol–water partition coefficient (Wildman–Crippen LogP) is 0.303. The number of sulfonamides is 1. The highest BCUT2D eigenvalue weighted by Gasteiger charge is 2.18. The van der Waals surface area contributed by atoms with Gasteiger partial charge in [-0.15, -0.1) is 11.3 Å². The zero-order valence-electron chi connectivity index (χ0n) is 8.87. The van der Waals surface area contributed by atoms with Crippen LogP contribution < -0.4 is 4.89 Å². The standard InChI is InChI=1S/C8H11NO6S2/c1-14-2-3-15-9-17(12,13)7-4-6(5-16-7)8(10)11/h4-5,9H,2-3H2,1H3,(H,10,11). The molecule has 0 bridgehead atoms. The Bertz CT molecular complexity index is 480. The summed E-state index contributed by atoms with van der Waals surface area (Å²) >= 11 is 0.806. The van der Waals surface area contributed by atoms with Crippen LogP contribution in [0.4, 0.5) is 0 Å². The molecule has 1 heterocycles. The Morgan fingerprint density at radius 1 is 1.53 bits per heavy atom. The fourth-order valence-electron chi connectivity index (χ4n) is 0.855. The Morgan fingerprint density at radius 3 is 2.76 bits per heavy atom. The van der Waals surface area contributed by atoms with Gasteiger partial charge < -0.3 is 9.84 Å². The minimum Gasteiger partial charge on any atom is -0.478 e. The molecular weight excluding hydrogens is 270 g/mol. The molecule has 17 heavy (non-hydrogen) atoms. The van der Waals surface area contributed by atoms with E-state index < -0.39 is 16.0 Å². The van der Waals surface area contributed by atoms with Crippen molar-refractivity contribution in [1.29, 1.82) is 0 Å². The van der Waals surface area contributed by atoms with E-state index in [9.17, 15) is 13.2 Å². The largest absolute Gasteiger partial charge is 0.478 e. The Kier molecular flexibility index (Phi) is 5.02. The normalized spacial score (nSPS) is 11.6.